The van der Waals surface area contributed by atoms with Crippen molar-refractivity contribution in [1.82, 2.24) is 0 Å². The summed E-state index contributed by atoms with van der Waals surface area (Å²) < 4.78 is 0. The quantitative estimate of drug-likeness (QED) is 0.168. The number of hydrazone groups is 2. The standard InChI is InChI=1S/C31H20N6O6/c38-30-26(28(20-11-15-24(16-12-20)36(40)41)32-34(30)22-7-3-1-4-8-22)19-27-29(21-13-17-25(18-14-21)37(42)43)33-35(31(27)39)23-9-5-2-6-10-23/h1-19,26H. The van der Waals surface area contributed by atoms with Gasteiger partial charge in [-0.15, -0.1) is 0 Å². The lowest BCUT2D eigenvalue weighted by Gasteiger charge is -2.14. The van der Waals surface area contributed by atoms with E-state index in [1.54, 1.807) is 60.7 Å². The van der Waals surface area contributed by atoms with E-state index in [4.69, 9.17) is 0 Å². The zero-order valence-electron chi connectivity index (χ0n) is 22.2. The molecule has 2 aliphatic rings. The number of hydrogen-bond acceptors (Lipinski definition) is 8. The van der Waals surface area contributed by atoms with E-state index in [0.29, 0.717) is 22.5 Å². The number of para-hydroxylation sites is 2. The Hall–Kier alpha value is -6.30. The molecule has 0 spiro atoms. The number of rotatable bonds is 7. The summed E-state index contributed by atoms with van der Waals surface area (Å²) in [5.41, 5.74) is 2.23. The normalized spacial score (nSPS) is 17.3. The molecular weight excluding hydrogens is 552 g/mol. The highest BCUT2D eigenvalue weighted by Gasteiger charge is 2.40. The number of nitrogens with zero attached hydrogens (tertiary/aromatic N) is 6. The molecule has 4 aromatic rings. The van der Waals surface area contributed by atoms with Crippen LogP contribution in [-0.4, -0.2) is 33.1 Å². The molecule has 0 N–H and O–H groups in total. The Balaban J connectivity index is 1.48. The van der Waals surface area contributed by atoms with Gasteiger partial charge < -0.3 is 0 Å². The second-order valence-electron chi connectivity index (χ2n) is 9.54. The van der Waals surface area contributed by atoms with Gasteiger partial charge in [-0.3, -0.25) is 29.8 Å². The Kier molecular flexibility index (Phi) is 6.84. The summed E-state index contributed by atoms with van der Waals surface area (Å²) >= 11 is 0. The number of non-ortho nitro benzene ring substituents is 2. The van der Waals surface area contributed by atoms with E-state index >= 15 is 0 Å². The SMILES string of the molecule is O=C1C(=CC2C(=O)N(c3ccccc3)N=C2c2ccc([N+](=O)[O-])cc2)C(c2ccc([N+](=O)[O-])cc2)=NN1c1ccccc1. The van der Waals surface area contributed by atoms with Crippen molar-refractivity contribution in [2.45, 2.75) is 0 Å². The van der Waals surface area contributed by atoms with Crippen LogP contribution in [0.1, 0.15) is 11.1 Å². The van der Waals surface area contributed by atoms with Crippen molar-refractivity contribution in [1.29, 1.82) is 0 Å². The molecule has 0 aromatic heterocycles. The summed E-state index contributed by atoms with van der Waals surface area (Å²) in [6.45, 7) is 0. The highest BCUT2D eigenvalue weighted by Crippen LogP contribution is 2.33. The zero-order valence-corrected chi connectivity index (χ0v) is 22.2. The van der Waals surface area contributed by atoms with Gasteiger partial charge in [0.2, 0.25) is 0 Å². The van der Waals surface area contributed by atoms with Gasteiger partial charge in [-0.2, -0.15) is 20.2 Å². The van der Waals surface area contributed by atoms with Crippen molar-refractivity contribution in [3.8, 4) is 0 Å². The molecule has 0 saturated heterocycles. The second kappa shape index (κ2) is 10.9. The average Bonchev–Trinajstić information content (AvgIpc) is 3.54. The minimum absolute atomic E-state index is 0.0978. The molecule has 2 aliphatic heterocycles. The Bertz CT molecular complexity index is 1850. The molecular formula is C31H20N6O6. The molecule has 12 nitrogen and oxygen atoms in total. The Labute approximate surface area is 243 Å². The molecule has 0 radical (unpaired) electrons. The van der Waals surface area contributed by atoms with Crippen molar-refractivity contribution in [2.75, 3.05) is 10.0 Å². The van der Waals surface area contributed by atoms with Crippen molar-refractivity contribution in [2.24, 2.45) is 16.1 Å². The average molecular weight is 573 g/mol. The monoisotopic (exact) mass is 572 g/mol. The Morgan fingerprint density at radius 1 is 0.628 bits per heavy atom. The zero-order chi connectivity index (χ0) is 30.1. The lowest BCUT2D eigenvalue weighted by atomic mass is 9.91. The molecule has 43 heavy (non-hydrogen) atoms. The number of nitro benzene ring substituents is 2. The fourth-order valence-electron chi connectivity index (χ4n) is 4.79. The lowest BCUT2D eigenvalue weighted by Crippen LogP contribution is -2.28. The van der Waals surface area contributed by atoms with Crippen LogP contribution in [0.5, 0.6) is 0 Å². The number of carbonyl (C=O) groups is 2. The second-order valence-corrected chi connectivity index (χ2v) is 9.54. The largest absolute Gasteiger partial charge is 0.280 e. The smallest absolute Gasteiger partial charge is 0.271 e. The minimum atomic E-state index is -1.06. The van der Waals surface area contributed by atoms with E-state index < -0.39 is 27.6 Å². The topological polar surface area (TPSA) is 152 Å². The van der Waals surface area contributed by atoms with Gasteiger partial charge in [-0.1, -0.05) is 42.5 Å². The van der Waals surface area contributed by atoms with Crippen LogP contribution in [-0.2, 0) is 9.59 Å². The van der Waals surface area contributed by atoms with Gasteiger partial charge in [0.15, 0.2) is 0 Å². The summed E-state index contributed by atoms with van der Waals surface area (Å²) in [5.74, 6) is -2.01. The van der Waals surface area contributed by atoms with Crippen LogP contribution in [0.4, 0.5) is 22.7 Å². The maximum atomic E-state index is 13.9. The number of carbonyl (C=O) groups excluding carboxylic acids is 2. The van der Waals surface area contributed by atoms with Crippen LogP contribution in [0.25, 0.3) is 0 Å². The molecule has 4 aromatic carbocycles. The van der Waals surface area contributed by atoms with Crippen molar-refractivity contribution < 1.29 is 19.4 Å². The third-order valence-electron chi connectivity index (χ3n) is 6.92. The fourth-order valence-corrected chi connectivity index (χ4v) is 4.79. The van der Waals surface area contributed by atoms with E-state index in [9.17, 15) is 29.8 Å². The summed E-state index contributed by atoms with van der Waals surface area (Å²) in [4.78, 5) is 49.2. The fraction of sp³-hybridized carbons (Fsp3) is 0.0323. The van der Waals surface area contributed by atoms with Gasteiger partial charge in [-0.05, 0) is 54.1 Å². The maximum Gasteiger partial charge on any atom is 0.280 e. The minimum Gasteiger partial charge on any atom is -0.271 e. The summed E-state index contributed by atoms with van der Waals surface area (Å²) in [5, 5.41) is 34.1. The predicted octanol–water partition coefficient (Wildman–Crippen LogP) is 5.25. The van der Waals surface area contributed by atoms with Crippen molar-refractivity contribution in [3.05, 3.63) is 152 Å². The molecule has 1 atom stereocenters. The first kappa shape index (κ1) is 26.9. The van der Waals surface area contributed by atoms with E-state index in [1.807, 2.05) is 0 Å². The van der Waals surface area contributed by atoms with E-state index in [0.717, 1.165) is 0 Å². The van der Waals surface area contributed by atoms with Gasteiger partial charge in [-0.25, -0.2) is 0 Å². The summed E-state index contributed by atoms with van der Waals surface area (Å²) in [6, 6.07) is 28.7. The van der Waals surface area contributed by atoms with Crippen LogP contribution in [0.15, 0.2) is 131 Å². The molecule has 0 bridgehead atoms. The molecule has 0 saturated carbocycles. The number of hydrogen-bond donors (Lipinski definition) is 0. The molecule has 0 aliphatic carbocycles. The first-order valence-electron chi connectivity index (χ1n) is 13.0. The first-order valence-corrected chi connectivity index (χ1v) is 13.0. The highest BCUT2D eigenvalue weighted by atomic mass is 16.6. The number of amides is 2. The number of anilines is 2. The molecule has 6 rings (SSSR count). The van der Waals surface area contributed by atoms with Crippen LogP contribution in [0.2, 0.25) is 0 Å². The first-order chi connectivity index (χ1) is 20.8. The van der Waals surface area contributed by atoms with Gasteiger partial charge in [0.1, 0.15) is 11.6 Å². The molecule has 12 heteroatoms. The maximum absolute atomic E-state index is 13.9. The van der Waals surface area contributed by atoms with Gasteiger partial charge in [0.05, 0.1) is 32.5 Å². The number of benzene rings is 4. The molecule has 1 unspecified atom stereocenters. The van der Waals surface area contributed by atoms with Crippen LogP contribution in [0, 0.1) is 26.1 Å². The van der Waals surface area contributed by atoms with Gasteiger partial charge in [0, 0.05) is 29.8 Å². The van der Waals surface area contributed by atoms with Crippen molar-refractivity contribution >= 4 is 46.0 Å². The number of nitro groups is 2. The Morgan fingerprint density at radius 3 is 1.63 bits per heavy atom. The van der Waals surface area contributed by atoms with Gasteiger partial charge >= 0.3 is 0 Å². The van der Waals surface area contributed by atoms with Crippen LogP contribution in [0.3, 0.4) is 0 Å². The van der Waals surface area contributed by atoms with Crippen molar-refractivity contribution in [3.63, 3.8) is 0 Å². The van der Waals surface area contributed by atoms with E-state index in [-0.39, 0.29) is 28.4 Å². The third kappa shape index (κ3) is 5.04. The van der Waals surface area contributed by atoms with Gasteiger partial charge in [0.25, 0.3) is 23.2 Å². The molecule has 0 fully saturated rings. The van der Waals surface area contributed by atoms with E-state index in [1.165, 1.54) is 64.6 Å². The van der Waals surface area contributed by atoms with Crippen LogP contribution >= 0.6 is 0 Å². The van der Waals surface area contributed by atoms with Crippen LogP contribution < -0.4 is 10.0 Å². The molecule has 2 heterocycles. The highest BCUT2D eigenvalue weighted by molar-refractivity contribution is 6.36. The van der Waals surface area contributed by atoms with E-state index in [2.05, 4.69) is 10.2 Å². The molecule has 210 valence electrons. The molecule has 2 amide bonds. The third-order valence-corrected chi connectivity index (χ3v) is 6.92. The lowest BCUT2D eigenvalue weighted by molar-refractivity contribution is -0.385. The summed E-state index contributed by atoms with van der Waals surface area (Å²) in [6.07, 6.45) is 1.48. The summed E-state index contributed by atoms with van der Waals surface area (Å²) in [7, 11) is 0. The Morgan fingerprint density at radius 2 is 1.12 bits per heavy atom. The predicted molar refractivity (Wildman–Crippen MR) is 159 cm³/mol.